The van der Waals surface area contributed by atoms with Crippen molar-refractivity contribution in [1.82, 2.24) is 19.7 Å². The molecule has 0 radical (unpaired) electrons. The van der Waals surface area contributed by atoms with Gasteiger partial charge in [0.2, 0.25) is 0 Å². The number of carbonyl (C=O) groups is 1. The lowest BCUT2D eigenvalue weighted by Crippen LogP contribution is -2.37. The van der Waals surface area contributed by atoms with Crippen molar-refractivity contribution in [3.63, 3.8) is 0 Å². The molecule has 1 aliphatic heterocycles. The molecule has 2 aromatic heterocycles. The van der Waals surface area contributed by atoms with Crippen molar-refractivity contribution in [3.05, 3.63) is 72.1 Å². The molecule has 1 aromatic carbocycles. The summed E-state index contributed by atoms with van der Waals surface area (Å²) in [5, 5.41) is 7.26. The summed E-state index contributed by atoms with van der Waals surface area (Å²) in [6.45, 7) is 1.87. The van der Waals surface area contributed by atoms with E-state index in [0.717, 1.165) is 36.4 Å². The topological polar surface area (TPSA) is 63.1 Å². The molecule has 4 rings (SSSR count). The van der Waals surface area contributed by atoms with Crippen LogP contribution in [0.1, 0.15) is 28.9 Å². The van der Waals surface area contributed by atoms with E-state index in [9.17, 15) is 4.79 Å². The Labute approximate surface area is 170 Å². The average molecular weight is 390 g/mol. The molecule has 150 valence electrons. The first-order valence-corrected chi connectivity index (χ1v) is 10.0. The second-order valence-electron chi connectivity index (χ2n) is 7.33. The third-order valence-corrected chi connectivity index (χ3v) is 5.19. The fourth-order valence-electron chi connectivity index (χ4n) is 3.61. The molecular weight excluding hydrogens is 364 g/mol. The van der Waals surface area contributed by atoms with Gasteiger partial charge in [0.15, 0.2) is 0 Å². The van der Waals surface area contributed by atoms with Gasteiger partial charge >= 0.3 is 0 Å². The van der Waals surface area contributed by atoms with Crippen LogP contribution in [0.4, 0.5) is 0 Å². The predicted octanol–water partition coefficient (Wildman–Crippen LogP) is 3.75. The van der Waals surface area contributed by atoms with Crippen molar-refractivity contribution < 1.29 is 9.53 Å². The van der Waals surface area contributed by atoms with E-state index in [-0.39, 0.29) is 12.0 Å². The number of amides is 1. The van der Waals surface area contributed by atoms with Crippen LogP contribution in [0.25, 0.3) is 17.5 Å². The Morgan fingerprint density at radius 3 is 2.90 bits per heavy atom. The maximum absolute atomic E-state index is 13.2. The summed E-state index contributed by atoms with van der Waals surface area (Å²) >= 11 is 0. The number of benzene rings is 1. The third kappa shape index (κ3) is 4.66. The van der Waals surface area contributed by atoms with Gasteiger partial charge in [-0.15, -0.1) is 0 Å². The summed E-state index contributed by atoms with van der Waals surface area (Å²) in [5.74, 6) is -0.0637. The minimum atomic E-state index is -0.0637. The van der Waals surface area contributed by atoms with Crippen molar-refractivity contribution in [2.24, 2.45) is 7.05 Å². The fourth-order valence-corrected chi connectivity index (χ4v) is 3.61. The first-order chi connectivity index (χ1) is 14.2. The minimum absolute atomic E-state index is 0.0637. The van der Waals surface area contributed by atoms with Gasteiger partial charge in [0.25, 0.3) is 5.91 Å². The number of hydrogen-bond acceptors (Lipinski definition) is 3. The Hall–Kier alpha value is -3.12. The molecule has 1 fully saturated rings. The van der Waals surface area contributed by atoms with Crippen molar-refractivity contribution in [2.45, 2.75) is 18.9 Å². The van der Waals surface area contributed by atoms with E-state index in [4.69, 9.17) is 4.74 Å². The lowest BCUT2D eigenvalue weighted by Gasteiger charge is -2.23. The van der Waals surface area contributed by atoms with Gasteiger partial charge in [-0.25, -0.2) is 0 Å². The zero-order chi connectivity index (χ0) is 20.1. The highest BCUT2D eigenvalue weighted by Crippen LogP contribution is 2.19. The van der Waals surface area contributed by atoms with Gasteiger partial charge in [-0.2, -0.15) is 5.10 Å². The highest BCUT2D eigenvalue weighted by atomic mass is 16.5. The summed E-state index contributed by atoms with van der Waals surface area (Å²) in [6, 6.07) is 15.9. The normalized spacial score (nSPS) is 16.5. The molecule has 0 aliphatic carbocycles. The van der Waals surface area contributed by atoms with E-state index >= 15 is 0 Å². The highest BCUT2D eigenvalue weighted by molar-refractivity contribution is 5.93. The lowest BCUT2D eigenvalue weighted by atomic mass is 10.2. The number of aromatic amines is 1. The van der Waals surface area contributed by atoms with E-state index in [1.54, 1.807) is 0 Å². The highest BCUT2D eigenvalue weighted by Gasteiger charge is 2.24. The number of carbonyl (C=O) groups excluding carboxylic acids is 1. The minimum Gasteiger partial charge on any atom is -0.376 e. The Kier molecular flexibility index (Phi) is 5.91. The monoisotopic (exact) mass is 390 g/mol. The van der Waals surface area contributed by atoms with Crippen LogP contribution in [0.3, 0.4) is 0 Å². The van der Waals surface area contributed by atoms with Crippen LogP contribution >= 0.6 is 0 Å². The van der Waals surface area contributed by atoms with Gasteiger partial charge in [0.05, 0.1) is 11.8 Å². The van der Waals surface area contributed by atoms with Gasteiger partial charge in [-0.3, -0.25) is 9.89 Å². The van der Waals surface area contributed by atoms with Crippen LogP contribution < -0.4 is 0 Å². The summed E-state index contributed by atoms with van der Waals surface area (Å²) in [5.41, 5.74) is 3.34. The molecule has 0 saturated carbocycles. The molecule has 1 N–H and O–H groups in total. The fraction of sp³-hybridized carbons (Fsp3) is 0.304. The number of aryl methyl sites for hydroxylation is 1. The van der Waals surface area contributed by atoms with Crippen LogP contribution in [0.5, 0.6) is 0 Å². The molecule has 0 spiro atoms. The maximum Gasteiger partial charge on any atom is 0.272 e. The number of nitrogens with zero attached hydrogens (tertiary/aromatic N) is 3. The van der Waals surface area contributed by atoms with E-state index in [2.05, 4.69) is 10.2 Å². The van der Waals surface area contributed by atoms with Crippen LogP contribution in [0, 0.1) is 0 Å². The van der Waals surface area contributed by atoms with Gasteiger partial charge in [-0.1, -0.05) is 42.5 Å². The standard InChI is InChI=1S/C23H26N4O2/c1-26-13-6-12-22(26)20-16-21(25-24-20)23(28)27(17-19-11-7-15-29-19)14-5-10-18-8-3-2-4-9-18/h2-6,8-10,12-13,16,19H,7,11,14-15,17H2,1H3,(H,24,25)/b10-5+. The first-order valence-electron chi connectivity index (χ1n) is 10.0. The van der Waals surface area contributed by atoms with Gasteiger partial charge < -0.3 is 14.2 Å². The summed E-state index contributed by atoms with van der Waals surface area (Å²) in [6.07, 6.45) is 8.16. The molecule has 1 aliphatic rings. The van der Waals surface area contributed by atoms with E-state index in [1.807, 2.05) is 83.4 Å². The summed E-state index contributed by atoms with van der Waals surface area (Å²) in [7, 11) is 1.96. The molecule has 0 bridgehead atoms. The maximum atomic E-state index is 13.2. The molecule has 1 unspecified atom stereocenters. The van der Waals surface area contributed by atoms with Crippen LogP contribution in [-0.4, -0.2) is 51.4 Å². The van der Waals surface area contributed by atoms with Gasteiger partial charge in [-0.05, 0) is 36.6 Å². The molecule has 6 heteroatoms. The Balaban J connectivity index is 1.50. The predicted molar refractivity (Wildman–Crippen MR) is 113 cm³/mol. The van der Waals surface area contributed by atoms with Gasteiger partial charge in [0.1, 0.15) is 11.4 Å². The second-order valence-corrected chi connectivity index (χ2v) is 7.33. The zero-order valence-electron chi connectivity index (χ0n) is 16.6. The molecule has 1 atom stereocenters. The molecule has 1 saturated heterocycles. The lowest BCUT2D eigenvalue weighted by molar-refractivity contribution is 0.0549. The van der Waals surface area contributed by atoms with E-state index < -0.39 is 0 Å². The zero-order valence-corrected chi connectivity index (χ0v) is 16.6. The number of ether oxygens (including phenoxy) is 1. The first kappa shape index (κ1) is 19.2. The summed E-state index contributed by atoms with van der Waals surface area (Å²) in [4.78, 5) is 15.0. The molecule has 3 aromatic rings. The Morgan fingerprint density at radius 2 is 2.17 bits per heavy atom. The van der Waals surface area contributed by atoms with Crippen LogP contribution in [0.2, 0.25) is 0 Å². The quantitative estimate of drug-likeness (QED) is 0.668. The molecule has 1 amide bonds. The molecular formula is C23H26N4O2. The molecule has 6 nitrogen and oxygen atoms in total. The van der Waals surface area contributed by atoms with Crippen LogP contribution in [0.15, 0.2) is 60.8 Å². The van der Waals surface area contributed by atoms with E-state index in [1.165, 1.54) is 0 Å². The van der Waals surface area contributed by atoms with E-state index in [0.29, 0.717) is 18.8 Å². The van der Waals surface area contributed by atoms with Crippen LogP contribution in [-0.2, 0) is 11.8 Å². The van der Waals surface area contributed by atoms with Crippen molar-refractivity contribution in [2.75, 3.05) is 19.7 Å². The number of aromatic nitrogens is 3. The van der Waals surface area contributed by atoms with Gasteiger partial charge in [0, 0.05) is 32.9 Å². The van der Waals surface area contributed by atoms with Crippen molar-refractivity contribution in [1.29, 1.82) is 0 Å². The Bertz CT molecular complexity index is 968. The van der Waals surface area contributed by atoms with Crippen molar-refractivity contribution in [3.8, 4) is 11.4 Å². The second kappa shape index (κ2) is 8.92. The number of nitrogens with one attached hydrogen (secondary N) is 1. The number of H-pyrrole nitrogens is 1. The summed E-state index contributed by atoms with van der Waals surface area (Å²) < 4.78 is 7.75. The third-order valence-electron chi connectivity index (χ3n) is 5.19. The van der Waals surface area contributed by atoms with Crippen molar-refractivity contribution >= 4 is 12.0 Å². The SMILES string of the molecule is Cn1cccc1-c1cc(C(=O)N(C/C=C/c2ccccc2)CC2CCCO2)[nH]n1. The molecule has 29 heavy (non-hydrogen) atoms. The smallest absolute Gasteiger partial charge is 0.272 e. The largest absolute Gasteiger partial charge is 0.376 e. The number of rotatable bonds is 7. The Morgan fingerprint density at radius 1 is 1.31 bits per heavy atom. The average Bonchev–Trinajstić information content (AvgIpc) is 3.49. The number of hydrogen-bond donors (Lipinski definition) is 1. The molecule has 3 heterocycles.